The van der Waals surface area contributed by atoms with Gasteiger partial charge in [0.25, 0.3) is 5.91 Å². The van der Waals surface area contributed by atoms with E-state index in [0.717, 1.165) is 53.3 Å². The van der Waals surface area contributed by atoms with Gasteiger partial charge in [0, 0.05) is 35.7 Å². The molecule has 0 unspecified atom stereocenters. The lowest BCUT2D eigenvalue weighted by molar-refractivity contribution is 0.0767. The lowest BCUT2D eigenvalue weighted by atomic mass is 10.1. The number of aryl methyl sites for hydroxylation is 2. The first-order chi connectivity index (χ1) is 13.6. The number of benzene rings is 2. The van der Waals surface area contributed by atoms with Crippen molar-refractivity contribution in [3.05, 3.63) is 65.4 Å². The van der Waals surface area contributed by atoms with Crippen LogP contribution in [0.15, 0.2) is 48.5 Å². The first-order valence-electron chi connectivity index (χ1n) is 9.78. The number of thioether (sulfide) groups is 1. The van der Waals surface area contributed by atoms with Gasteiger partial charge in [0.2, 0.25) is 0 Å². The fourth-order valence-electron chi connectivity index (χ4n) is 3.46. The van der Waals surface area contributed by atoms with Gasteiger partial charge in [-0.15, -0.1) is 0 Å². The quantitative estimate of drug-likeness (QED) is 0.677. The summed E-state index contributed by atoms with van der Waals surface area (Å²) in [6.07, 6.45) is 1.02. The summed E-state index contributed by atoms with van der Waals surface area (Å²) in [7, 11) is 0. The standard InChI is InChI=1S/C23H25N3OS/c1-3-17-5-7-18(8-6-17)24-21-15-22(23(27)26-10-12-28-13-11-26)25-20-9-4-16(2)14-19(20)21/h4-9,14-15H,3,10-13H2,1-2H3,(H,24,25). The highest BCUT2D eigenvalue weighted by atomic mass is 32.2. The smallest absolute Gasteiger partial charge is 0.272 e. The highest BCUT2D eigenvalue weighted by Gasteiger charge is 2.21. The Balaban J connectivity index is 1.73. The van der Waals surface area contributed by atoms with Crippen LogP contribution >= 0.6 is 11.8 Å². The van der Waals surface area contributed by atoms with Crippen molar-refractivity contribution in [2.75, 3.05) is 29.9 Å². The summed E-state index contributed by atoms with van der Waals surface area (Å²) in [5.74, 6) is 2.01. The molecule has 0 radical (unpaired) electrons. The van der Waals surface area contributed by atoms with Crippen LogP contribution in [0.2, 0.25) is 0 Å². The molecule has 144 valence electrons. The van der Waals surface area contributed by atoms with E-state index in [4.69, 9.17) is 0 Å². The van der Waals surface area contributed by atoms with E-state index < -0.39 is 0 Å². The molecule has 1 saturated heterocycles. The molecule has 1 aliphatic rings. The minimum Gasteiger partial charge on any atom is -0.355 e. The van der Waals surface area contributed by atoms with E-state index in [1.54, 1.807) is 0 Å². The fraction of sp³-hybridized carbons (Fsp3) is 0.304. The topological polar surface area (TPSA) is 45.2 Å². The minimum absolute atomic E-state index is 0.0205. The normalized spacial score (nSPS) is 14.3. The van der Waals surface area contributed by atoms with Crippen molar-refractivity contribution in [1.82, 2.24) is 9.88 Å². The van der Waals surface area contributed by atoms with Gasteiger partial charge in [-0.3, -0.25) is 4.79 Å². The number of nitrogens with one attached hydrogen (secondary N) is 1. The maximum Gasteiger partial charge on any atom is 0.272 e. The Morgan fingerprint density at radius 1 is 1.11 bits per heavy atom. The number of carbonyl (C=O) groups excluding carboxylic acids is 1. The Bertz CT molecular complexity index is 995. The molecule has 2 aromatic carbocycles. The number of carbonyl (C=O) groups is 1. The summed E-state index contributed by atoms with van der Waals surface area (Å²) in [4.78, 5) is 19.6. The Morgan fingerprint density at radius 3 is 2.57 bits per heavy atom. The van der Waals surface area contributed by atoms with Gasteiger partial charge in [0.15, 0.2) is 0 Å². The van der Waals surface area contributed by atoms with Crippen molar-refractivity contribution in [1.29, 1.82) is 0 Å². The Labute approximate surface area is 170 Å². The first-order valence-corrected chi connectivity index (χ1v) is 10.9. The van der Waals surface area contributed by atoms with Crippen LogP contribution in [0.1, 0.15) is 28.5 Å². The van der Waals surface area contributed by atoms with Crippen molar-refractivity contribution in [2.45, 2.75) is 20.3 Å². The predicted molar refractivity (Wildman–Crippen MR) is 119 cm³/mol. The summed E-state index contributed by atoms with van der Waals surface area (Å²) in [6.45, 7) is 5.80. The number of pyridine rings is 1. The van der Waals surface area contributed by atoms with Crippen molar-refractivity contribution >= 4 is 39.9 Å². The van der Waals surface area contributed by atoms with E-state index in [1.165, 1.54) is 11.1 Å². The summed E-state index contributed by atoms with van der Waals surface area (Å²) in [5.41, 5.74) is 5.77. The SMILES string of the molecule is CCc1ccc(Nc2cc(C(=O)N3CCSCC3)nc3ccc(C)cc23)cc1. The Morgan fingerprint density at radius 2 is 1.86 bits per heavy atom. The molecule has 0 saturated carbocycles. The molecule has 0 bridgehead atoms. The molecular formula is C23H25N3OS. The zero-order valence-electron chi connectivity index (χ0n) is 16.4. The third kappa shape index (κ3) is 3.99. The van der Waals surface area contributed by atoms with Gasteiger partial charge >= 0.3 is 0 Å². The van der Waals surface area contributed by atoms with Crippen LogP contribution in [0.5, 0.6) is 0 Å². The third-order valence-electron chi connectivity index (χ3n) is 5.12. The van der Waals surface area contributed by atoms with E-state index in [-0.39, 0.29) is 5.91 Å². The molecule has 3 aromatic rings. The highest BCUT2D eigenvalue weighted by Crippen LogP contribution is 2.28. The molecule has 0 spiro atoms. The van der Waals surface area contributed by atoms with Crippen LogP contribution < -0.4 is 5.32 Å². The van der Waals surface area contributed by atoms with Crippen LogP contribution in [0.4, 0.5) is 11.4 Å². The van der Waals surface area contributed by atoms with E-state index in [9.17, 15) is 4.79 Å². The molecule has 1 N–H and O–H groups in total. The van der Waals surface area contributed by atoms with Gasteiger partial charge in [-0.1, -0.05) is 30.7 Å². The van der Waals surface area contributed by atoms with Crippen LogP contribution in [0.3, 0.4) is 0 Å². The second-order valence-electron chi connectivity index (χ2n) is 7.16. The maximum atomic E-state index is 13.0. The Kier molecular flexibility index (Phi) is 5.53. The number of hydrogen-bond donors (Lipinski definition) is 1. The van der Waals surface area contributed by atoms with Gasteiger partial charge in [0.05, 0.1) is 11.2 Å². The molecule has 2 heterocycles. The first kappa shape index (κ1) is 18.8. The van der Waals surface area contributed by atoms with Crippen molar-refractivity contribution in [3.63, 3.8) is 0 Å². The molecule has 1 amide bonds. The third-order valence-corrected chi connectivity index (χ3v) is 6.07. The monoisotopic (exact) mass is 391 g/mol. The molecule has 1 aromatic heterocycles. The summed E-state index contributed by atoms with van der Waals surface area (Å²) in [6, 6.07) is 16.5. The van der Waals surface area contributed by atoms with Gasteiger partial charge < -0.3 is 10.2 Å². The van der Waals surface area contributed by atoms with Crippen LogP contribution in [-0.4, -0.2) is 40.4 Å². The average molecular weight is 392 g/mol. The van der Waals surface area contributed by atoms with Crippen molar-refractivity contribution < 1.29 is 4.79 Å². The van der Waals surface area contributed by atoms with E-state index >= 15 is 0 Å². The largest absolute Gasteiger partial charge is 0.355 e. The van der Waals surface area contributed by atoms with E-state index in [2.05, 4.69) is 54.5 Å². The van der Waals surface area contributed by atoms with Crippen molar-refractivity contribution in [2.24, 2.45) is 0 Å². The van der Waals surface area contributed by atoms with Gasteiger partial charge in [-0.25, -0.2) is 4.98 Å². The number of nitrogens with zero attached hydrogens (tertiary/aromatic N) is 2. The molecule has 1 aliphatic heterocycles. The van der Waals surface area contributed by atoms with E-state index in [0.29, 0.717) is 5.69 Å². The molecule has 28 heavy (non-hydrogen) atoms. The Hall–Kier alpha value is -2.53. The zero-order valence-corrected chi connectivity index (χ0v) is 17.2. The molecule has 0 atom stereocenters. The molecule has 5 heteroatoms. The second-order valence-corrected chi connectivity index (χ2v) is 8.38. The van der Waals surface area contributed by atoms with Gasteiger partial charge in [0.1, 0.15) is 5.69 Å². The van der Waals surface area contributed by atoms with Crippen LogP contribution in [-0.2, 0) is 6.42 Å². The lowest BCUT2D eigenvalue weighted by Gasteiger charge is -2.26. The predicted octanol–water partition coefficient (Wildman–Crippen LogP) is 5.04. The number of anilines is 2. The molecule has 4 nitrogen and oxygen atoms in total. The summed E-state index contributed by atoms with van der Waals surface area (Å²) in [5, 5.41) is 4.54. The number of hydrogen-bond acceptors (Lipinski definition) is 4. The fourth-order valence-corrected chi connectivity index (χ4v) is 4.36. The summed E-state index contributed by atoms with van der Waals surface area (Å²) < 4.78 is 0. The van der Waals surface area contributed by atoms with Crippen LogP contribution in [0.25, 0.3) is 10.9 Å². The number of fused-ring (bicyclic) bond motifs is 1. The molecule has 0 aliphatic carbocycles. The van der Waals surface area contributed by atoms with E-state index in [1.807, 2.05) is 34.9 Å². The molecular weight excluding hydrogens is 366 g/mol. The number of rotatable bonds is 4. The lowest BCUT2D eigenvalue weighted by Crippen LogP contribution is -2.38. The number of aromatic nitrogens is 1. The highest BCUT2D eigenvalue weighted by molar-refractivity contribution is 7.99. The summed E-state index contributed by atoms with van der Waals surface area (Å²) >= 11 is 1.90. The van der Waals surface area contributed by atoms with Gasteiger partial charge in [-0.05, 0) is 49.2 Å². The number of amides is 1. The van der Waals surface area contributed by atoms with Gasteiger partial charge in [-0.2, -0.15) is 11.8 Å². The average Bonchev–Trinajstić information content (AvgIpc) is 2.74. The molecule has 1 fully saturated rings. The second kappa shape index (κ2) is 8.23. The minimum atomic E-state index is 0.0205. The van der Waals surface area contributed by atoms with Crippen LogP contribution in [0, 0.1) is 6.92 Å². The maximum absolute atomic E-state index is 13.0. The van der Waals surface area contributed by atoms with Crippen molar-refractivity contribution in [3.8, 4) is 0 Å². The molecule has 4 rings (SSSR count). The zero-order chi connectivity index (χ0) is 19.5.